The summed E-state index contributed by atoms with van der Waals surface area (Å²) in [6, 6.07) is 4.06. The Kier molecular flexibility index (Phi) is 4.83. The summed E-state index contributed by atoms with van der Waals surface area (Å²) in [5.74, 6) is 0.741. The molecule has 2 N–H and O–H groups in total. The number of H-pyrrole nitrogens is 1. The summed E-state index contributed by atoms with van der Waals surface area (Å²) < 4.78 is 27.1. The van der Waals surface area contributed by atoms with Crippen molar-refractivity contribution in [1.82, 2.24) is 19.3 Å². The SMILES string of the molecule is CC1(O)CCN(S(=O)(=O)CC2CCC(c3[nH]ccc4cnc5nccc5c34)CC2)C1. The van der Waals surface area contributed by atoms with Gasteiger partial charge in [0.25, 0.3) is 0 Å². The minimum atomic E-state index is -3.32. The van der Waals surface area contributed by atoms with Crippen LogP contribution in [0.2, 0.25) is 0 Å². The number of aromatic amines is 1. The number of hydrogen-bond acceptors (Lipinski definition) is 5. The molecule has 0 aromatic carbocycles. The van der Waals surface area contributed by atoms with E-state index >= 15 is 0 Å². The molecule has 1 saturated heterocycles. The van der Waals surface area contributed by atoms with Gasteiger partial charge < -0.3 is 10.1 Å². The average molecular weight is 429 g/mol. The molecule has 1 atom stereocenters. The van der Waals surface area contributed by atoms with Gasteiger partial charge in [0.15, 0.2) is 5.65 Å². The number of rotatable bonds is 4. The Bertz CT molecular complexity index is 1180. The van der Waals surface area contributed by atoms with Gasteiger partial charge in [0.2, 0.25) is 10.0 Å². The summed E-state index contributed by atoms with van der Waals surface area (Å²) in [4.78, 5) is 12.3. The van der Waals surface area contributed by atoms with Gasteiger partial charge in [-0.3, -0.25) is 0 Å². The van der Waals surface area contributed by atoms with E-state index in [2.05, 4.69) is 15.0 Å². The number of hydrogen-bond donors (Lipinski definition) is 2. The highest BCUT2D eigenvalue weighted by molar-refractivity contribution is 7.89. The highest BCUT2D eigenvalue weighted by Crippen LogP contribution is 2.40. The Morgan fingerprint density at radius 2 is 2.03 bits per heavy atom. The van der Waals surface area contributed by atoms with Crippen LogP contribution in [-0.2, 0) is 10.0 Å². The summed E-state index contributed by atoms with van der Waals surface area (Å²) in [5, 5.41) is 13.5. The quantitative estimate of drug-likeness (QED) is 0.665. The van der Waals surface area contributed by atoms with Gasteiger partial charge in [-0.2, -0.15) is 4.31 Å². The maximum atomic E-state index is 12.8. The highest BCUT2D eigenvalue weighted by atomic mass is 32.2. The molecule has 1 aliphatic heterocycles. The number of nitrogens with zero attached hydrogens (tertiary/aromatic N) is 3. The molecular formula is C22H28N4O3S. The molecule has 5 rings (SSSR count). The molecule has 2 fully saturated rings. The summed E-state index contributed by atoms with van der Waals surface area (Å²) in [5.41, 5.74) is 1.08. The van der Waals surface area contributed by atoms with E-state index in [4.69, 9.17) is 0 Å². The van der Waals surface area contributed by atoms with Gasteiger partial charge in [-0.1, -0.05) is 0 Å². The number of β-amino-alcohol motifs (C(OH)–C–C–N with tert-alkyl or cyclic N) is 1. The second kappa shape index (κ2) is 7.28. The maximum Gasteiger partial charge on any atom is 0.214 e. The lowest BCUT2D eigenvalue weighted by atomic mass is 9.80. The van der Waals surface area contributed by atoms with Crippen molar-refractivity contribution in [2.45, 2.75) is 50.5 Å². The monoisotopic (exact) mass is 428 g/mol. The molecule has 4 heterocycles. The number of aromatic nitrogens is 3. The molecule has 7 nitrogen and oxygen atoms in total. The molecule has 3 aromatic rings. The minimum absolute atomic E-state index is 0.175. The van der Waals surface area contributed by atoms with E-state index in [1.54, 1.807) is 13.1 Å². The predicted octanol–water partition coefficient (Wildman–Crippen LogP) is 3.17. The van der Waals surface area contributed by atoms with E-state index in [-0.39, 0.29) is 18.2 Å². The molecule has 3 aromatic heterocycles. The normalized spacial score (nSPS) is 28.5. The van der Waals surface area contributed by atoms with Crippen LogP contribution < -0.4 is 0 Å². The number of nitrogens with one attached hydrogen (secondary N) is 1. The second-order valence-corrected chi connectivity index (χ2v) is 11.3. The van der Waals surface area contributed by atoms with Gasteiger partial charge in [0, 0.05) is 53.5 Å². The molecule has 160 valence electrons. The van der Waals surface area contributed by atoms with Crippen LogP contribution >= 0.6 is 0 Å². The molecule has 8 heteroatoms. The maximum absolute atomic E-state index is 12.8. The second-order valence-electron chi connectivity index (χ2n) is 9.24. The van der Waals surface area contributed by atoms with Crippen molar-refractivity contribution in [2.75, 3.05) is 18.8 Å². The largest absolute Gasteiger partial charge is 0.389 e. The van der Waals surface area contributed by atoms with Crippen LogP contribution in [0.1, 0.15) is 50.6 Å². The number of fused-ring (bicyclic) bond motifs is 3. The third-order valence-electron chi connectivity index (χ3n) is 6.85. The molecule has 0 spiro atoms. The highest BCUT2D eigenvalue weighted by Gasteiger charge is 2.39. The molecule has 2 aliphatic rings. The lowest BCUT2D eigenvalue weighted by Gasteiger charge is -2.30. The Labute approximate surface area is 176 Å². The van der Waals surface area contributed by atoms with E-state index in [1.807, 2.05) is 24.5 Å². The molecule has 1 aliphatic carbocycles. The summed E-state index contributed by atoms with van der Waals surface area (Å²) in [6.45, 7) is 2.35. The zero-order valence-corrected chi connectivity index (χ0v) is 18.0. The van der Waals surface area contributed by atoms with Crippen molar-refractivity contribution in [3.05, 3.63) is 36.4 Å². The first-order valence-corrected chi connectivity index (χ1v) is 12.3. The lowest BCUT2D eigenvalue weighted by molar-refractivity contribution is 0.0762. The third kappa shape index (κ3) is 3.61. The molecule has 0 radical (unpaired) electrons. The van der Waals surface area contributed by atoms with Crippen LogP contribution in [0.5, 0.6) is 0 Å². The van der Waals surface area contributed by atoms with E-state index < -0.39 is 15.6 Å². The molecular weight excluding hydrogens is 400 g/mol. The summed E-state index contributed by atoms with van der Waals surface area (Å²) in [6.07, 6.45) is 9.87. The molecule has 1 saturated carbocycles. The topological polar surface area (TPSA) is 99.2 Å². The van der Waals surface area contributed by atoms with Crippen molar-refractivity contribution < 1.29 is 13.5 Å². The van der Waals surface area contributed by atoms with Crippen molar-refractivity contribution >= 4 is 31.8 Å². The van der Waals surface area contributed by atoms with E-state index in [0.29, 0.717) is 18.9 Å². The fraction of sp³-hybridized carbons (Fsp3) is 0.545. The zero-order valence-electron chi connectivity index (χ0n) is 17.2. The van der Waals surface area contributed by atoms with Gasteiger partial charge in [0.1, 0.15) is 0 Å². The average Bonchev–Trinajstić information content (AvgIpc) is 3.34. The van der Waals surface area contributed by atoms with Crippen LogP contribution in [0.3, 0.4) is 0 Å². The first-order chi connectivity index (χ1) is 14.3. The van der Waals surface area contributed by atoms with Crippen molar-refractivity contribution in [3.63, 3.8) is 0 Å². The molecule has 0 amide bonds. The molecule has 0 bridgehead atoms. The molecule has 1 unspecified atom stereocenters. The van der Waals surface area contributed by atoms with Gasteiger partial charge in [-0.15, -0.1) is 0 Å². The van der Waals surface area contributed by atoms with E-state index in [1.165, 1.54) is 15.4 Å². The van der Waals surface area contributed by atoms with Crippen LogP contribution in [0.25, 0.3) is 21.8 Å². The van der Waals surface area contributed by atoms with Crippen LogP contribution in [-0.4, -0.2) is 57.2 Å². The van der Waals surface area contributed by atoms with Crippen LogP contribution in [0.4, 0.5) is 0 Å². The fourth-order valence-corrected chi connectivity index (χ4v) is 7.16. The first kappa shape index (κ1) is 19.9. The Morgan fingerprint density at radius 3 is 2.77 bits per heavy atom. The Balaban J connectivity index is 1.32. The zero-order chi connectivity index (χ0) is 20.9. The van der Waals surface area contributed by atoms with Crippen molar-refractivity contribution in [2.24, 2.45) is 5.92 Å². The van der Waals surface area contributed by atoms with Crippen molar-refractivity contribution in [3.8, 4) is 0 Å². The van der Waals surface area contributed by atoms with Crippen LogP contribution in [0, 0.1) is 5.92 Å². The van der Waals surface area contributed by atoms with Crippen molar-refractivity contribution in [1.29, 1.82) is 0 Å². The standard InChI is InChI=1S/C22H28N4O3S/c1-22(27)8-11-26(14-22)30(28,29)13-15-2-4-16(5-3-15)20-19-17(6-9-23-20)12-25-21-18(19)7-10-24-21/h6-7,9-10,12,15-16,23,27H,2-5,8,11,13-14H2,1H3. The summed E-state index contributed by atoms with van der Waals surface area (Å²) in [7, 11) is -3.32. The van der Waals surface area contributed by atoms with Gasteiger partial charge in [-0.25, -0.2) is 18.4 Å². The predicted molar refractivity (Wildman–Crippen MR) is 117 cm³/mol. The van der Waals surface area contributed by atoms with Gasteiger partial charge in [-0.05, 0) is 63.0 Å². The Morgan fingerprint density at radius 1 is 1.23 bits per heavy atom. The number of aliphatic hydroxyl groups is 1. The van der Waals surface area contributed by atoms with E-state index in [9.17, 15) is 13.5 Å². The first-order valence-electron chi connectivity index (χ1n) is 10.7. The lowest BCUT2D eigenvalue weighted by Crippen LogP contribution is -2.37. The summed E-state index contributed by atoms with van der Waals surface area (Å²) >= 11 is 0. The van der Waals surface area contributed by atoms with Gasteiger partial charge >= 0.3 is 0 Å². The number of sulfonamides is 1. The van der Waals surface area contributed by atoms with E-state index in [0.717, 1.165) is 42.1 Å². The number of pyridine rings is 2. The fourth-order valence-electron chi connectivity index (χ4n) is 5.18. The molecule has 30 heavy (non-hydrogen) atoms. The Hall–Kier alpha value is -2.03. The van der Waals surface area contributed by atoms with Gasteiger partial charge in [0.05, 0.1) is 11.4 Å². The third-order valence-corrected chi connectivity index (χ3v) is 8.84. The van der Waals surface area contributed by atoms with Crippen LogP contribution in [0.15, 0.2) is 30.7 Å². The smallest absolute Gasteiger partial charge is 0.214 e. The minimum Gasteiger partial charge on any atom is -0.389 e.